The van der Waals surface area contributed by atoms with Crippen LogP contribution in [0.15, 0.2) is 0 Å². The molecule has 0 spiro atoms. The highest BCUT2D eigenvalue weighted by Gasteiger charge is 2.21. The van der Waals surface area contributed by atoms with E-state index in [2.05, 4.69) is 10.0 Å². The highest BCUT2D eigenvalue weighted by molar-refractivity contribution is 7.87. The van der Waals surface area contributed by atoms with Crippen molar-refractivity contribution in [2.24, 2.45) is 0 Å². The molecule has 1 saturated heterocycles. The fourth-order valence-electron chi connectivity index (χ4n) is 1.28. The van der Waals surface area contributed by atoms with Crippen LogP contribution in [0.4, 0.5) is 0 Å². The first-order valence-electron chi connectivity index (χ1n) is 4.53. The average molecular weight is 223 g/mol. The molecule has 6 nitrogen and oxygen atoms in total. The van der Waals surface area contributed by atoms with E-state index >= 15 is 0 Å². The Kier molecular flexibility index (Phi) is 4.27. The topological polar surface area (TPSA) is 70.7 Å². The smallest absolute Gasteiger partial charge is 0.279 e. The normalized spacial score (nSPS) is 24.1. The molecule has 1 unspecified atom stereocenters. The van der Waals surface area contributed by atoms with Crippen LogP contribution in [-0.2, 0) is 14.9 Å². The van der Waals surface area contributed by atoms with Gasteiger partial charge in [0, 0.05) is 33.7 Å². The maximum absolute atomic E-state index is 11.3. The van der Waals surface area contributed by atoms with Crippen LogP contribution in [0.1, 0.15) is 0 Å². The predicted octanol–water partition coefficient (Wildman–Crippen LogP) is -1.63. The van der Waals surface area contributed by atoms with Crippen LogP contribution in [0, 0.1) is 0 Å². The highest BCUT2D eigenvalue weighted by Crippen LogP contribution is 2.01. The van der Waals surface area contributed by atoms with Crippen LogP contribution in [0.25, 0.3) is 0 Å². The minimum atomic E-state index is -3.32. The van der Waals surface area contributed by atoms with Crippen LogP contribution in [0.2, 0.25) is 0 Å². The monoisotopic (exact) mass is 223 g/mol. The van der Waals surface area contributed by atoms with Gasteiger partial charge in [-0.3, -0.25) is 0 Å². The van der Waals surface area contributed by atoms with Crippen molar-refractivity contribution < 1.29 is 13.2 Å². The summed E-state index contributed by atoms with van der Waals surface area (Å²) in [7, 11) is -0.396. The number of hydrogen-bond donors (Lipinski definition) is 2. The second-order valence-corrected chi connectivity index (χ2v) is 5.17. The van der Waals surface area contributed by atoms with E-state index in [1.165, 1.54) is 18.4 Å². The minimum absolute atomic E-state index is 0.0584. The summed E-state index contributed by atoms with van der Waals surface area (Å²) in [6.45, 7) is 2.54. The number of nitrogens with zero attached hydrogens (tertiary/aromatic N) is 1. The predicted molar refractivity (Wildman–Crippen MR) is 53.2 cm³/mol. The molecule has 0 aliphatic carbocycles. The van der Waals surface area contributed by atoms with Crippen LogP contribution >= 0.6 is 0 Å². The Balaban J connectivity index is 2.43. The van der Waals surface area contributed by atoms with Gasteiger partial charge in [0.05, 0.1) is 12.7 Å². The van der Waals surface area contributed by atoms with Crippen LogP contribution in [0.3, 0.4) is 0 Å². The lowest BCUT2D eigenvalue weighted by Gasteiger charge is -2.27. The van der Waals surface area contributed by atoms with Crippen molar-refractivity contribution in [3.05, 3.63) is 0 Å². The number of morpholine rings is 1. The first kappa shape index (κ1) is 11.9. The molecule has 0 saturated carbocycles. The molecule has 0 amide bonds. The Labute approximate surface area is 84.8 Å². The van der Waals surface area contributed by atoms with Crippen LogP contribution in [0.5, 0.6) is 0 Å². The third-order valence-corrected chi connectivity index (χ3v) is 3.62. The third kappa shape index (κ3) is 3.18. The summed E-state index contributed by atoms with van der Waals surface area (Å²) in [4.78, 5) is 0. The zero-order chi connectivity index (χ0) is 10.6. The summed E-state index contributed by atoms with van der Waals surface area (Å²) in [6, 6.07) is 0. The number of rotatable bonds is 4. The van der Waals surface area contributed by atoms with Crippen LogP contribution < -0.4 is 10.0 Å². The summed E-state index contributed by atoms with van der Waals surface area (Å²) in [5.74, 6) is 0. The molecule has 7 heteroatoms. The Hall–Kier alpha value is -0.210. The largest absolute Gasteiger partial charge is 0.374 e. The van der Waals surface area contributed by atoms with Crippen molar-refractivity contribution in [3.8, 4) is 0 Å². The van der Waals surface area contributed by atoms with Gasteiger partial charge in [0.2, 0.25) is 0 Å². The van der Waals surface area contributed by atoms with Crippen molar-refractivity contribution in [3.63, 3.8) is 0 Å². The molecule has 0 radical (unpaired) electrons. The molecule has 1 atom stereocenters. The third-order valence-electron chi connectivity index (χ3n) is 2.13. The Bertz CT molecular complexity index is 261. The van der Waals surface area contributed by atoms with E-state index in [1.54, 1.807) is 0 Å². The van der Waals surface area contributed by atoms with E-state index in [4.69, 9.17) is 4.74 Å². The van der Waals surface area contributed by atoms with Gasteiger partial charge in [0.1, 0.15) is 0 Å². The summed E-state index contributed by atoms with van der Waals surface area (Å²) >= 11 is 0. The zero-order valence-corrected chi connectivity index (χ0v) is 9.30. The molecule has 0 aromatic rings. The van der Waals surface area contributed by atoms with Gasteiger partial charge in [-0.15, -0.1) is 0 Å². The van der Waals surface area contributed by atoms with Gasteiger partial charge in [0.25, 0.3) is 10.2 Å². The van der Waals surface area contributed by atoms with Crippen molar-refractivity contribution >= 4 is 10.2 Å². The van der Waals surface area contributed by atoms with E-state index < -0.39 is 10.2 Å². The second kappa shape index (κ2) is 5.04. The maximum Gasteiger partial charge on any atom is 0.279 e. The molecule has 14 heavy (non-hydrogen) atoms. The van der Waals surface area contributed by atoms with Gasteiger partial charge in [-0.2, -0.15) is 12.7 Å². The molecule has 1 aliphatic heterocycles. The minimum Gasteiger partial charge on any atom is -0.374 e. The molecule has 84 valence electrons. The summed E-state index contributed by atoms with van der Waals surface area (Å²) in [5.41, 5.74) is 0. The van der Waals surface area contributed by atoms with Crippen molar-refractivity contribution in [1.29, 1.82) is 0 Å². The molecule has 0 aromatic heterocycles. The van der Waals surface area contributed by atoms with Crippen LogP contribution in [-0.4, -0.2) is 59.2 Å². The Morgan fingerprint density at radius 1 is 1.64 bits per heavy atom. The van der Waals surface area contributed by atoms with Gasteiger partial charge in [-0.05, 0) is 0 Å². The first-order valence-corrected chi connectivity index (χ1v) is 5.97. The van der Waals surface area contributed by atoms with Crippen molar-refractivity contribution in [2.75, 3.05) is 40.3 Å². The quantitative estimate of drug-likeness (QED) is 0.600. The summed E-state index contributed by atoms with van der Waals surface area (Å²) < 4.78 is 31.5. The molecule has 1 heterocycles. The lowest BCUT2D eigenvalue weighted by atomic mass is 10.3. The zero-order valence-electron chi connectivity index (χ0n) is 8.49. The SMILES string of the molecule is CNS(=O)(=O)N(C)CC1CNCCO1. The Morgan fingerprint density at radius 2 is 2.36 bits per heavy atom. The molecule has 0 aromatic carbocycles. The van der Waals surface area contributed by atoms with Gasteiger partial charge in [-0.1, -0.05) is 0 Å². The summed E-state index contributed by atoms with van der Waals surface area (Å²) in [6.07, 6.45) is -0.0584. The highest BCUT2D eigenvalue weighted by atomic mass is 32.2. The van der Waals surface area contributed by atoms with Crippen molar-refractivity contribution in [2.45, 2.75) is 6.10 Å². The molecule has 1 fully saturated rings. The van der Waals surface area contributed by atoms with E-state index in [0.29, 0.717) is 19.7 Å². The lowest BCUT2D eigenvalue weighted by molar-refractivity contribution is 0.0205. The van der Waals surface area contributed by atoms with E-state index in [1.807, 2.05) is 0 Å². The van der Waals surface area contributed by atoms with Gasteiger partial charge < -0.3 is 10.1 Å². The maximum atomic E-state index is 11.3. The standard InChI is InChI=1S/C7H17N3O3S/c1-8-14(11,12)10(2)6-7-5-9-3-4-13-7/h7-9H,3-6H2,1-2H3. The molecule has 2 N–H and O–H groups in total. The Morgan fingerprint density at radius 3 is 2.86 bits per heavy atom. The van der Waals surface area contributed by atoms with E-state index in [0.717, 1.165) is 6.54 Å². The fraction of sp³-hybridized carbons (Fsp3) is 1.00. The fourth-order valence-corrected chi connectivity index (χ4v) is 1.95. The number of ether oxygens (including phenoxy) is 1. The average Bonchev–Trinajstić information content (AvgIpc) is 2.19. The van der Waals surface area contributed by atoms with Gasteiger partial charge in [0.15, 0.2) is 0 Å². The van der Waals surface area contributed by atoms with E-state index in [-0.39, 0.29) is 6.10 Å². The first-order chi connectivity index (χ1) is 6.56. The summed E-state index contributed by atoms with van der Waals surface area (Å²) in [5, 5.41) is 3.14. The van der Waals surface area contributed by atoms with E-state index in [9.17, 15) is 8.42 Å². The number of hydrogen-bond acceptors (Lipinski definition) is 4. The molecule has 0 bridgehead atoms. The van der Waals surface area contributed by atoms with Crippen molar-refractivity contribution in [1.82, 2.24) is 14.3 Å². The number of nitrogens with one attached hydrogen (secondary N) is 2. The molecular weight excluding hydrogens is 206 g/mol. The number of likely N-dealkylation sites (N-methyl/N-ethyl adjacent to an activating group) is 1. The van der Waals surface area contributed by atoms with Gasteiger partial charge in [-0.25, -0.2) is 4.72 Å². The molecule has 1 rings (SSSR count). The van der Waals surface area contributed by atoms with Gasteiger partial charge >= 0.3 is 0 Å². The molecule has 1 aliphatic rings. The lowest BCUT2D eigenvalue weighted by Crippen LogP contribution is -2.47. The molecular formula is C7H17N3O3S. The second-order valence-electron chi connectivity index (χ2n) is 3.19.